The summed E-state index contributed by atoms with van der Waals surface area (Å²) in [6, 6.07) is 4.54. The van der Waals surface area contributed by atoms with Gasteiger partial charge in [0, 0.05) is 23.3 Å². The molecule has 1 heterocycles. The van der Waals surface area contributed by atoms with Gasteiger partial charge in [-0.05, 0) is 24.1 Å². The van der Waals surface area contributed by atoms with Crippen molar-refractivity contribution < 1.29 is 4.39 Å². The summed E-state index contributed by atoms with van der Waals surface area (Å²) in [7, 11) is 0. The Hall–Kier alpha value is -1.13. The summed E-state index contributed by atoms with van der Waals surface area (Å²) in [6.45, 7) is 5.10. The smallest absolute Gasteiger partial charge is 0.183 e. The number of hydrogen-bond donors (Lipinski definition) is 1. The van der Waals surface area contributed by atoms with Crippen molar-refractivity contribution in [3.63, 3.8) is 0 Å². The number of halogens is 2. The average molecular weight is 285 g/mol. The van der Waals surface area contributed by atoms with Gasteiger partial charge < -0.3 is 5.32 Å². The first-order valence-corrected chi connectivity index (χ1v) is 6.91. The summed E-state index contributed by atoms with van der Waals surface area (Å²) in [5, 5.41) is 4.55. The Balaban J connectivity index is 2.21. The molecule has 0 aliphatic carbocycles. The molecule has 2 rings (SSSR count). The third kappa shape index (κ3) is 3.21. The van der Waals surface area contributed by atoms with E-state index in [0.29, 0.717) is 16.5 Å². The Morgan fingerprint density at radius 1 is 1.44 bits per heavy atom. The van der Waals surface area contributed by atoms with E-state index in [1.165, 1.54) is 17.4 Å². The van der Waals surface area contributed by atoms with Crippen molar-refractivity contribution >= 4 is 28.1 Å². The van der Waals surface area contributed by atoms with E-state index in [1.807, 2.05) is 0 Å². The highest BCUT2D eigenvalue weighted by Gasteiger charge is 2.10. The van der Waals surface area contributed by atoms with Gasteiger partial charge in [-0.3, -0.25) is 0 Å². The molecule has 2 aromatic rings. The third-order valence-electron chi connectivity index (χ3n) is 2.36. The summed E-state index contributed by atoms with van der Waals surface area (Å²) in [4.78, 5) is 5.01. The summed E-state index contributed by atoms with van der Waals surface area (Å²) in [5.74, 6) is 0.263. The van der Waals surface area contributed by atoms with Crippen LogP contribution in [0.25, 0.3) is 10.4 Å². The number of benzene rings is 1. The van der Waals surface area contributed by atoms with Gasteiger partial charge in [-0.25, -0.2) is 9.37 Å². The molecule has 96 valence electrons. The van der Waals surface area contributed by atoms with Crippen LogP contribution in [0.1, 0.15) is 13.8 Å². The van der Waals surface area contributed by atoms with Crippen LogP contribution in [0, 0.1) is 11.7 Å². The van der Waals surface area contributed by atoms with Crippen LogP contribution < -0.4 is 5.32 Å². The van der Waals surface area contributed by atoms with E-state index in [-0.39, 0.29) is 5.82 Å². The topological polar surface area (TPSA) is 24.9 Å². The van der Waals surface area contributed by atoms with Gasteiger partial charge >= 0.3 is 0 Å². The van der Waals surface area contributed by atoms with Crippen LogP contribution >= 0.6 is 22.9 Å². The molecule has 0 bridgehead atoms. The Bertz CT molecular complexity index is 540. The van der Waals surface area contributed by atoms with Crippen LogP contribution in [-0.2, 0) is 0 Å². The van der Waals surface area contributed by atoms with Gasteiger partial charge in [-0.15, -0.1) is 0 Å². The molecule has 0 spiro atoms. The molecule has 0 amide bonds. The Labute approximate surface area is 115 Å². The van der Waals surface area contributed by atoms with Crippen molar-refractivity contribution in [3.05, 3.63) is 35.2 Å². The zero-order valence-electron chi connectivity index (χ0n) is 10.2. The van der Waals surface area contributed by atoms with E-state index >= 15 is 0 Å². The predicted octanol–water partition coefficient (Wildman–Crippen LogP) is 4.67. The maximum Gasteiger partial charge on any atom is 0.183 e. The fourth-order valence-electron chi connectivity index (χ4n) is 1.46. The van der Waals surface area contributed by atoms with Gasteiger partial charge in [-0.2, -0.15) is 0 Å². The monoisotopic (exact) mass is 284 g/mol. The van der Waals surface area contributed by atoms with E-state index < -0.39 is 0 Å². The zero-order valence-corrected chi connectivity index (χ0v) is 11.8. The van der Waals surface area contributed by atoms with Crippen molar-refractivity contribution in [2.75, 3.05) is 11.9 Å². The quantitative estimate of drug-likeness (QED) is 0.882. The predicted molar refractivity (Wildman–Crippen MR) is 75.8 cm³/mol. The molecule has 0 unspecified atom stereocenters. The molecule has 1 aromatic carbocycles. The van der Waals surface area contributed by atoms with E-state index in [2.05, 4.69) is 24.1 Å². The minimum atomic E-state index is -0.279. The molecule has 0 aliphatic heterocycles. The third-order valence-corrected chi connectivity index (χ3v) is 3.58. The van der Waals surface area contributed by atoms with E-state index in [0.717, 1.165) is 16.6 Å². The zero-order chi connectivity index (χ0) is 13.1. The van der Waals surface area contributed by atoms with Crippen LogP contribution in [0.5, 0.6) is 0 Å². The summed E-state index contributed by atoms with van der Waals surface area (Å²) < 4.78 is 13.7. The van der Waals surface area contributed by atoms with Crippen LogP contribution in [0.15, 0.2) is 24.4 Å². The Morgan fingerprint density at radius 2 is 2.22 bits per heavy atom. The van der Waals surface area contributed by atoms with Crippen molar-refractivity contribution in [1.82, 2.24) is 4.98 Å². The number of nitrogens with one attached hydrogen (secondary N) is 1. The molecule has 2 nitrogen and oxygen atoms in total. The first-order valence-electron chi connectivity index (χ1n) is 5.71. The van der Waals surface area contributed by atoms with Crippen LogP contribution in [-0.4, -0.2) is 11.5 Å². The first kappa shape index (κ1) is 13.3. The molecule has 0 fully saturated rings. The highest BCUT2D eigenvalue weighted by molar-refractivity contribution is 7.18. The summed E-state index contributed by atoms with van der Waals surface area (Å²) in [5.41, 5.74) is 0.498. The first-order chi connectivity index (χ1) is 8.56. The number of aromatic nitrogens is 1. The summed E-state index contributed by atoms with van der Waals surface area (Å²) >= 11 is 7.31. The van der Waals surface area contributed by atoms with Crippen molar-refractivity contribution in [2.24, 2.45) is 5.92 Å². The number of rotatable bonds is 4. The Morgan fingerprint density at radius 3 is 2.94 bits per heavy atom. The minimum Gasteiger partial charge on any atom is -0.361 e. The number of nitrogens with zero attached hydrogens (tertiary/aromatic N) is 1. The second kappa shape index (κ2) is 5.67. The summed E-state index contributed by atoms with van der Waals surface area (Å²) in [6.07, 6.45) is 1.67. The van der Waals surface area contributed by atoms with Gasteiger partial charge in [0.05, 0.1) is 4.88 Å². The van der Waals surface area contributed by atoms with Gasteiger partial charge in [0.1, 0.15) is 5.82 Å². The maximum absolute atomic E-state index is 13.7. The van der Waals surface area contributed by atoms with Crippen molar-refractivity contribution in [2.45, 2.75) is 13.8 Å². The van der Waals surface area contributed by atoms with Crippen molar-refractivity contribution in [1.29, 1.82) is 0 Å². The van der Waals surface area contributed by atoms with Gasteiger partial charge in [0.2, 0.25) is 0 Å². The normalized spacial score (nSPS) is 10.9. The lowest BCUT2D eigenvalue weighted by Gasteiger charge is -2.04. The fraction of sp³-hybridized carbons (Fsp3) is 0.308. The Kier molecular flexibility index (Phi) is 4.19. The van der Waals surface area contributed by atoms with E-state index in [4.69, 9.17) is 11.6 Å². The molecule has 1 aromatic heterocycles. The molecular formula is C13H14ClFN2S. The lowest BCUT2D eigenvalue weighted by Crippen LogP contribution is -2.07. The molecule has 0 saturated carbocycles. The highest BCUT2D eigenvalue weighted by atomic mass is 35.5. The average Bonchev–Trinajstić information content (AvgIpc) is 2.78. The number of hydrogen-bond acceptors (Lipinski definition) is 3. The standard InChI is InChI=1S/C13H14ClFN2S/c1-8(2)6-16-13-17-7-12(18-13)10-5-9(14)3-4-11(10)15/h3-5,7-8H,6H2,1-2H3,(H,16,17). The lowest BCUT2D eigenvalue weighted by atomic mass is 10.2. The molecule has 0 aliphatic rings. The second-order valence-corrected chi connectivity index (χ2v) is 5.90. The van der Waals surface area contributed by atoms with Gasteiger partial charge in [-0.1, -0.05) is 36.8 Å². The van der Waals surface area contributed by atoms with Crippen LogP contribution in [0.3, 0.4) is 0 Å². The lowest BCUT2D eigenvalue weighted by molar-refractivity contribution is 0.631. The number of thiazole rings is 1. The molecule has 18 heavy (non-hydrogen) atoms. The van der Waals surface area contributed by atoms with Gasteiger partial charge in [0.15, 0.2) is 5.13 Å². The van der Waals surface area contributed by atoms with E-state index in [1.54, 1.807) is 18.3 Å². The SMILES string of the molecule is CC(C)CNc1ncc(-c2cc(Cl)ccc2F)s1. The van der Waals surface area contributed by atoms with Crippen molar-refractivity contribution in [3.8, 4) is 10.4 Å². The molecule has 0 radical (unpaired) electrons. The minimum absolute atomic E-state index is 0.279. The van der Waals surface area contributed by atoms with Gasteiger partial charge in [0.25, 0.3) is 0 Å². The van der Waals surface area contributed by atoms with Crippen LogP contribution in [0.4, 0.5) is 9.52 Å². The van der Waals surface area contributed by atoms with E-state index in [9.17, 15) is 4.39 Å². The largest absolute Gasteiger partial charge is 0.361 e. The second-order valence-electron chi connectivity index (χ2n) is 4.43. The maximum atomic E-state index is 13.7. The molecule has 0 atom stereocenters. The fourth-order valence-corrected chi connectivity index (χ4v) is 2.47. The molecule has 0 saturated heterocycles. The highest BCUT2D eigenvalue weighted by Crippen LogP contribution is 2.32. The number of anilines is 1. The van der Waals surface area contributed by atoms with Crippen LogP contribution in [0.2, 0.25) is 5.02 Å². The molecule has 5 heteroatoms. The molecular weight excluding hydrogens is 271 g/mol. The molecule has 1 N–H and O–H groups in total.